The number of unbranched alkanes of at least 4 members (excludes halogenated alkanes) is 4. The smallest absolute Gasteiger partial charge is 0.0278 e. The lowest BCUT2D eigenvalue weighted by molar-refractivity contribution is 0.291. The Balaban J connectivity index is 3.78. The van der Waals surface area contributed by atoms with Crippen molar-refractivity contribution in [3.8, 4) is 0 Å². The van der Waals surface area contributed by atoms with Crippen LogP contribution < -0.4 is 11.1 Å². The van der Waals surface area contributed by atoms with E-state index in [4.69, 9.17) is 5.73 Å². The highest BCUT2D eigenvalue weighted by Gasteiger charge is 2.22. The molecule has 2 heteroatoms. The van der Waals surface area contributed by atoms with Gasteiger partial charge in [-0.1, -0.05) is 46.0 Å². The maximum atomic E-state index is 5.89. The van der Waals surface area contributed by atoms with Gasteiger partial charge in [0.1, 0.15) is 0 Å². The summed E-state index contributed by atoms with van der Waals surface area (Å²) >= 11 is 0. The van der Waals surface area contributed by atoms with Crippen LogP contribution in [0.15, 0.2) is 0 Å². The van der Waals surface area contributed by atoms with Crippen molar-refractivity contribution in [2.24, 2.45) is 5.73 Å². The van der Waals surface area contributed by atoms with Crippen molar-refractivity contribution < 1.29 is 0 Å². The quantitative estimate of drug-likeness (QED) is 0.562. The molecular formula is C14H32N2. The van der Waals surface area contributed by atoms with E-state index in [-0.39, 0.29) is 5.54 Å². The van der Waals surface area contributed by atoms with Gasteiger partial charge in [-0.15, -0.1) is 0 Å². The van der Waals surface area contributed by atoms with E-state index in [0.29, 0.717) is 6.04 Å². The Morgan fingerprint density at radius 3 is 2.25 bits per heavy atom. The lowest BCUT2D eigenvalue weighted by Crippen LogP contribution is -2.52. The molecule has 2 unspecified atom stereocenters. The van der Waals surface area contributed by atoms with E-state index in [1.165, 1.54) is 44.9 Å². The van der Waals surface area contributed by atoms with Crippen LogP contribution in [0.5, 0.6) is 0 Å². The van der Waals surface area contributed by atoms with Crippen molar-refractivity contribution in [3.63, 3.8) is 0 Å². The number of hydrogen-bond acceptors (Lipinski definition) is 2. The summed E-state index contributed by atoms with van der Waals surface area (Å²) in [6.07, 6.45) is 9.10. The summed E-state index contributed by atoms with van der Waals surface area (Å²) in [5.41, 5.74) is 6.03. The van der Waals surface area contributed by atoms with Crippen molar-refractivity contribution in [2.75, 3.05) is 6.54 Å². The predicted octanol–water partition coefficient (Wildman–Crippen LogP) is 3.45. The van der Waals surface area contributed by atoms with Crippen LogP contribution in [0.3, 0.4) is 0 Å². The second-order valence-corrected chi connectivity index (χ2v) is 5.38. The van der Waals surface area contributed by atoms with Crippen LogP contribution in [0, 0.1) is 0 Å². The molecule has 0 heterocycles. The first-order valence-corrected chi connectivity index (χ1v) is 7.05. The molecular weight excluding hydrogens is 196 g/mol. The van der Waals surface area contributed by atoms with E-state index in [2.05, 4.69) is 33.0 Å². The Hall–Kier alpha value is -0.0800. The molecule has 0 aliphatic heterocycles. The normalized spacial score (nSPS) is 17.1. The third-order valence-electron chi connectivity index (χ3n) is 3.49. The van der Waals surface area contributed by atoms with Crippen LogP contribution in [0.4, 0.5) is 0 Å². The summed E-state index contributed by atoms with van der Waals surface area (Å²) in [4.78, 5) is 0. The van der Waals surface area contributed by atoms with Gasteiger partial charge in [0.05, 0.1) is 0 Å². The third kappa shape index (κ3) is 7.24. The molecule has 0 spiro atoms. The van der Waals surface area contributed by atoms with E-state index in [9.17, 15) is 0 Å². The van der Waals surface area contributed by atoms with E-state index in [1.807, 2.05) is 0 Å². The first-order valence-electron chi connectivity index (χ1n) is 7.05. The monoisotopic (exact) mass is 228 g/mol. The van der Waals surface area contributed by atoms with Gasteiger partial charge in [-0.25, -0.2) is 0 Å². The minimum absolute atomic E-state index is 0.141. The summed E-state index contributed by atoms with van der Waals surface area (Å²) < 4.78 is 0. The predicted molar refractivity (Wildman–Crippen MR) is 73.7 cm³/mol. The molecule has 0 radical (unpaired) electrons. The highest BCUT2D eigenvalue weighted by Crippen LogP contribution is 2.16. The second kappa shape index (κ2) is 9.00. The molecule has 0 amide bonds. The van der Waals surface area contributed by atoms with Crippen LogP contribution in [-0.4, -0.2) is 18.1 Å². The van der Waals surface area contributed by atoms with Gasteiger partial charge in [-0.2, -0.15) is 0 Å². The molecule has 0 aliphatic rings. The molecule has 2 nitrogen and oxygen atoms in total. The lowest BCUT2D eigenvalue weighted by atomic mass is 9.93. The zero-order valence-corrected chi connectivity index (χ0v) is 11.8. The average molecular weight is 228 g/mol. The molecule has 0 saturated heterocycles. The maximum Gasteiger partial charge on any atom is 0.0278 e. The molecule has 0 fully saturated rings. The minimum Gasteiger partial charge on any atom is -0.329 e. The van der Waals surface area contributed by atoms with Crippen LogP contribution in [0.25, 0.3) is 0 Å². The van der Waals surface area contributed by atoms with Gasteiger partial charge in [0.2, 0.25) is 0 Å². The number of nitrogens with two attached hydrogens (primary N) is 1. The molecule has 3 N–H and O–H groups in total. The maximum absolute atomic E-state index is 5.89. The van der Waals surface area contributed by atoms with E-state index in [0.717, 1.165) is 6.54 Å². The lowest BCUT2D eigenvalue weighted by Gasteiger charge is -2.33. The molecule has 16 heavy (non-hydrogen) atoms. The molecule has 0 saturated carbocycles. The van der Waals surface area contributed by atoms with Gasteiger partial charge in [0.25, 0.3) is 0 Å². The van der Waals surface area contributed by atoms with Gasteiger partial charge in [-0.3, -0.25) is 0 Å². The highest BCUT2D eigenvalue weighted by atomic mass is 15.0. The van der Waals surface area contributed by atoms with Crippen molar-refractivity contribution >= 4 is 0 Å². The minimum atomic E-state index is 0.141. The summed E-state index contributed by atoms with van der Waals surface area (Å²) in [5, 5.41) is 3.66. The summed E-state index contributed by atoms with van der Waals surface area (Å²) in [7, 11) is 0. The molecule has 0 aromatic carbocycles. The first kappa shape index (κ1) is 15.9. The van der Waals surface area contributed by atoms with Crippen molar-refractivity contribution in [2.45, 2.75) is 84.2 Å². The summed E-state index contributed by atoms with van der Waals surface area (Å²) in [6.45, 7) is 9.72. The Bertz CT molecular complexity index is 159. The van der Waals surface area contributed by atoms with Gasteiger partial charge < -0.3 is 11.1 Å². The van der Waals surface area contributed by atoms with Gasteiger partial charge in [0, 0.05) is 18.1 Å². The second-order valence-electron chi connectivity index (χ2n) is 5.38. The largest absolute Gasteiger partial charge is 0.329 e. The summed E-state index contributed by atoms with van der Waals surface area (Å²) in [5.74, 6) is 0. The molecule has 0 aromatic heterocycles. The molecule has 0 aromatic rings. The van der Waals surface area contributed by atoms with Crippen molar-refractivity contribution in [3.05, 3.63) is 0 Å². The Morgan fingerprint density at radius 1 is 1.12 bits per heavy atom. The first-order chi connectivity index (χ1) is 7.58. The molecule has 0 aliphatic carbocycles. The molecule has 2 atom stereocenters. The zero-order valence-electron chi connectivity index (χ0n) is 11.8. The van der Waals surface area contributed by atoms with Crippen LogP contribution in [-0.2, 0) is 0 Å². The zero-order chi connectivity index (χ0) is 12.4. The van der Waals surface area contributed by atoms with Gasteiger partial charge >= 0.3 is 0 Å². The number of hydrogen-bond donors (Lipinski definition) is 2. The molecule has 98 valence electrons. The fourth-order valence-electron chi connectivity index (χ4n) is 2.05. The van der Waals surface area contributed by atoms with Crippen LogP contribution in [0.1, 0.15) is 72.6 Å². The SMILES string of the molecule is CCCCCCCC(C)(CN)NC(C)CC. The molecule has 0 bridgehead atoms. The molecule has 0 rings (SSSR count). The highest BCUT2D eigenvalue weighted by molar-refractivity contribution is 4.86. The number of nitrogens with one attached hydrogen (secondary N) is 1. The van der Waals surface area contributed by atoms with Crippen LogP contribution >= 0.6 is 0 Å². The fraction of sp³-hybridized carbons (Fsp3) is 1.00. The topological polar surface area (TPSA) is 38.0 Å². The number of rotatable bonds is 10. The fourth-order valence-corrected chi connectivity index (χ4v) is 2.05. The van der Waals surface area contributed by atoms with Crippen LogP contribution in [0.2, 0.25) is 0 Å². The Labute approximate surface area is 102 Å². The van der Waals surface area contributed by atoms with Gasteiger partial charge in [-0.05, 0) is 26.7 Å². The van der Waals surface area contributed by atoms with E-state index in [1.54, 1.807) is 0 Å². The van der Waals surface area contributed by atoms with E-state index >= 15 is 0 Å². The standard InChI is InChI=1S/C14H32N2/c1-5-7-8-9-10-11-14(4,12-15)16-13(3)6-2/h13,16H,5-12,15H2,1-4H3. The Morgan fingerprint density at radius 2 is 1.75 bits per heavy atom. The summed E-state index contributed by atoms with van der Waals surface area (Å²) in [6, 6.07) is 0.573. The third-order valence-corrected chi connectivity index (χ3v) is 3.49. The van der Waals surface area contributed by atoms with Crippen molar-refractivity contribution in [1.29, 1.82) is 0 Å². The van der Waals surface area contributed by atoms with Gasteiger partial charge in [0.15, 0.2) is 0 Å². The van der Waals surface area contributed by atoms with E-state index < -0.39 is 0 Å². The Kier molecular flexibility index (Phi) is 8.96. The van der Waals surface area contributed by atoms with Crippen molar-refractivity contribution in [1.82, 2.24) is 5.32 Å². The average Bonchev–Trinajstić information content (AvgIpc) is 2.28.